The first-order valence-electron chi connectivity index (χ1n) is 8.39. The van der Waals surface area contributed by atoms with Gasteiger partial charge in [-0.15, -0.1) is 0 Å². The van der Waals surface area contributed by atoms with Crippen molar-refractivity contribution in [3.8, 4) is 0 Å². The highest BCUT2D eigenvalue weighted by Gasteiger charge is 2.46. The van der Waals surface area contributed by atoms with Gasteiger partial charge in [0.05, 0.1) is 12.6 Å². The van der Waals surface area contributed by atoms with E-state index in [1.165, 1.54) is 0 Å². The minimum atomic E-state index is -1.47. The number of nitrogens with zero attached hydrogens (tertiary/aromatic N) is 1. The number of ketones is 1. The second-order valence-electron chi connectivity index (χ2n) is 6.05. The van der Waals surface area contributed by atoms with Crippen molar-refractivity contribution in [2.45, 2.75) is 25.2 Å². The van der Waals surface area contributed by atoms with Gasteiger partial charge in [-0.2, -0.15) is 0 Å². The molecule has 2 aromatic rings. The molecule has 1 aliphatic heterocycles. The molecule has 1 saturated heterocycles. The summed E-state index contributed by atoms with van der Waals surface area (Å²) < 4.78 is 5.79. The maximum Gasteiger partial charge on any atom is 0.208 e. The quantitative estimate of drug-likeness (QED) is 0.859. The van der Waals surface area contributed by atoms with Crippen molar-refractivity contribution in [1.82, 2.24) is 4.90 Å². The molecule has 2 atom stereocenters. The number of aliphatic hydroxyl groups is 1. The Hall–Kier alpha value is -2.01. The topological polar surface area (TPSA) is 49.8 Å². The van der Waals surface area contributed by atoms with Crippen molar-refractivity contribution in [3.63, 3.8) is 0 Å². The molecule has 0 aliphatic carbocycles. The molecule has 0 bridgehead atoms. The summed E-state index contributed by atoms with van der Waals surface area (Å²) in [4.78, 5) is 14.8. The van der Waals surface area contributed by atoms with Crippen molar-refractivity contribution in [2.24, 2.45) is 0 Å². The van der Waals surface area contributed by atoms with Crippen molar-refractivity contribution >= 4 is 5.78 Å². The van der Waals surface area contributed by atoms with Crippen LogP contribution in [0, 0.1) is 0 Å². The average Bonchev–Trinajstić information content (AvgIpc) is 2.64. The summed E-state index contributed by atoms with van der Waals surface area (Å²) in [6.45, 7) is 3.94. The van der Waals surface area contributed by atoms with Crippen LogP contribution in [0.25, 0.3) is 0 Å². The van der Waals surface area contributed by atoms with E-state index in [0.717, 1.165) is 6.54 Å². The first-order chi connectivity index (χ1) is 11.6. The van der Waals surface area contributed by atoms with Crippen LogP contribution in [0.3, 0.4) is 0 Å². The van der Waals surface area contributed by atoms with Crippen LogP contribution in [0.5, 0.6) is 0 Å². The number of hydrogen-bond donors (Lipinski definition) is 1. The summed E-state index contributed by atoms with van der Waals surface area (Å²) in [6, 6.07) is 18.1. The number of carbonyl (C=O) groups is 1. The molecule has 0 radical (unpaired) electrons. The number of carbonyl (C=O) groups excluding carboxylic acids is 1. The van der Waals surface area contributed by atoms with Crippen LogP contribution in [0.4, 0.5) is 0 Å². The summed E-state index contributed by atoms with van der Waals surface area (Å²) in [7, 11) is 0. The molecule has 0 amide bonds. The molecular weight excluding hydrogens is 302 g/mol. The predicted octanol–water partition coefficient (Wildman–Crippen LogP) is 2.83. The van der Waals surface area contributed by atoms with Crippen LogP contribution in [-0.2, 0) is 10.5 Å². The normalized spacial score (nSPS) is 24.7. The fourth-order valence-corrected chi connectivity index (χ4v) is 3.33. The van der Waals surface area contributed by atoms with Gasteiger partial charge in [0.25, 0.3) is 0 Å². The van der Waals surface area contributed by atoms with E-state index in [0.29, 0.717) is 24.3 Å². The Balaban J connectivity index is 1.91. The van der Waals surface area contributed by atoms with Gasteiger partial charge >= 0.3 is 0 Å². The van der Waals surface area contributed by atoms with Gasteiger partial charge in [-0.1, -0.05) is 67.6 Å². The lowest BCUT2D eigenvalue weighted by atomic mass is 9.89. The Morgan fingerprint density at radius 3 is 2.42 bits per heavy atom. The molecule has 24 heavy (non-hydrogen) atoms. The zero-order valence-corrected chi connectivity index (χ0v) is 13.9. The zero-order valence-electron chi connectivity index (χ0n) is 13.9. The Morgan fingerprint density at radius 2 is 1.79 bits per heavy atom. The highest BCUT2D eigenvalue weighted by atomic mass is 16.6. The van der Waals surface area contributed by atoms with Gasteiger partial charge in [-0.3, -0.25) is 9.69 Å². The third-order valence-electron chi connectivity index (χ3n) is 4.66. The van der Waals surface area contributed by atoms with E-state index in [1.54, 1.807) is 0 Å². The smallest absolute Gasteiger partial charge is 0.208 e. The molecule has 0 spiro atoms. The lowest BCUT2D eigenvalue weighted by Crippen LogP contribution is -2.58. The highest BCUT2D eigenvalue weighted by molar-refractivity contribution is 5.96. The van der Waals surface area contributed by atoms with Crippen LogP contribution >= 0.6 is 0 Å². The van der Waals surface area contributed by atoms with E-state index in [-0.39, 0.29) is 12.2 Å². The second kappa shape index (κ2) is 7.26. The summed E-state index contributed by atoms with van der Waals surface area (Å²) in [5, 5.41) is 11.3. The number of morpholine rings is 1. The van der Waals surface area contributed by atoms with Gasteiger partial charge in [0.15, 0.2) is 5.78 Å². The fraction of sp³-hybridized carbons (Fsp3) is 0.350. The number of rotatable bonds is 5. The first kappa shape index (κ1) is 16.8. The maximum absolute atomic E-state index is 12.7. The average molecular weight is 325 g/mol. The minimum absolute atomic E-state index is 0.0129. The third-order valence-corrected chi connectivity index (χ3v) is 4.66. The van der Waals surface area contributed by atoms with E-state index in [1.807, 2.05) is 67.6 Å². The van der Waals surface area contributed by atoms with E-state index in [9.17, 15) is 9.90 Å². The van der Waals surface area contributed by atoms with E-state index in [4.69, 9.17) is 4.74 Å². The minimum Gasteiger partial charge on any atom is -0.361 e. The molecular formula is C20H23NO3. The molecule has 0 aromatic heterocycles. The Morgan fingerprint density at radius 1 is 1.17 bits per heavy atom. The zero-order chi connectivity index (χ0) is 17.0. The van der Waals surface area contributed by atoms with Gasteiger partial charge in [-0.25, -0.2) is 0 Å². The number of Topliss-reactive ketones (excluding diaryl/α,β-unsaturated/α-hetero) is 1. The number of hydrogen-bond acceptors (Lipinski definition) is 4. The van der Waals surface area contributed by atoms with Crippen molar-refractivity contribution in [1.29, 1.82) is 0 Å². The molecule has 0 unspecified atom stereocenters. The van der Waals surface area contributed by atoms with Crippen LogP contribution in [0.1, 0.15) is 29.3 Å². The van der Waals surface area contributed by atoms with Crippen LogP contribution in [-0.4, -0.2) is 41.5 Å². The second-order valence-corrected chi connectivity index (χ2v) is 6.05. The standard InChI is InChI=1S/C20H23NO3/c1-2-21-13-14-24-20(23,17-11-7-4-8-12-17)19(21)15-18(22)16-9-5-3-6-10-16/h3-12,19,23H,2,13-15H2,1H3/t19-,20-/m0/s1. The highest BCUT2D eigenvalue weighted by Crippen LogP contribution is 2.35. The lowest BCUT2D eigenvalue weighted by Gasteiger charge is -2.46. The molecule has 4 nitrogen and oxygen atoms in total. The van der Waals surface area contributed by atoms with E-state index >= 15 is 0 Å². The van der Waals surface area contributed by atoms with E-state index in [2.05, 4.69) is 4.90 Å². The number of ether oxygens (including phenoxy) is 1. The third kappa shape index (κ3) is 3.26. The monoisotopic (exact) mass is 325 g/mol. The number of likely N-dealkylation sites (N-methyl/N-ethyl adjacent to an activating group) is 1. The molecule has 1 fully saturated rings. The lowest BCUT2D eigenvalue weighted by molar-refractivity contribution is -0.277. The van der Waals surface area contributed by atoms with Gasteiger partial charge < -0.3 is 9.84 Å². The van der Waals surface area contributed by atoms with Crippen molar-refractivity contribution in [2.75, 3.05) is 19.7 Å². The van der Waals surface area contributed by atoms with Crippen molar-refractivity contribution < 1.29 is 14.6 Å². The molecule has 0 saturated carbocycles. The summed E-state index contributed by atoms with van der Waals surface area (Å²) in [5.74, 6) is -1.46. The van der Waals surface area contributed by atoms with Crippen molar-refractivity contribution in [3.05, 3.63) is 71.8 Å². The fourth-order valence-electron chi connectivity index (χ4n) is 3.33. The molecule has 1 N–H and O–H groups in total. The van der Waals surface area contributed by atoms with Gasteiger partial charge in [0, 0.05) is 24.1 Å². The summed E-state index contributed by atoms with van der Waals surface area (Å²) in [6.07, 6.45) is 0.212. The molecule has 2 aromatic carbocycles. The first-order valence-corrected chi connectivity index (χ1v) is 8.39. The molecule has 3 rings (SSSR count). The van der Waals surface area contributed by atoms with E-state index < -0.39 is 11.8 Å². The molecule has 4 heteroatoms. The Kier molecular flexibility index (Phi) is 5.09. The summed E-state index contributed by atoms with van der Waals surface area (Å²) in [5.41, 5.74) is 1.35. The predicted molar refractivity (Wildman–Crippen MR) is 92.7 cm³/mol. The SMILES string of the molecule is CCN1CCO[C@@](O)(c2ccccc2)[C@@H]1CC(=O)c1ccccc1. The molecule has 1 aliphatic rings. The van der Waals surface area contributed by atoms with Crippen LogP contribution < -0.4 is 0 Å². The maximum atomic E-state index is 12.7. The van der Waals surface area contributed by atoms with Gasteiger partial charge in [0.1, 0.15) is 0 Å². The summed E-state index contributed by atoms with van der Waals surface area (Å²) >= 11 is 0. The van der Waals surface area contributed by atoms with Crippen LogP contribution in [0.15, 0.2) is 60.7 Å². The number of benzene rings is 2. The van der Waals surface area contributed by atoms with Gasteiger partial charge in [-0.05, 0) is 6.54 Å². The van der Waals surface area contributed by atoms with Gasteiger partial charge in [0.2, 0.25) is 5.79 Å². The largest absolute Gasteiger partial charge is 0.361 e. The van der Waals surface area contributed by atoms with Crippen LogP contribution in [0.2, 0.25) is 0 Å². The Bertz CT molecular complexity index is 674. The Labute approximate surface area is 142 Å². The molecule has 1 heterocycles. The molecule has 126 valence electrons.